The first kappa shape index (κ1) is 102. The molecule has 0 aliphatic heterocycles. The van der Waals surface area contributed by atoms with E-state index in [2.05, 4.69) is 72.8 Å². The molecule has 0 heterocycles. The summed E-state index contributed by atoms with van der Waals surface area (Å²) in [6.45, 7) is 11.9. The Bertz CT molecular complexity index is 2110. The number of hydrogen-bond donors (Lipinski definition) is 3. The van der Waals surface area contributed by atoms with Crippen LogP contribution < -0.4 is 0 Å². The van der Waals surface area contributed by atoms with Gasteiger partial charge in [-0.3, -0.25) is 37.3 Å². The lowest BCUT2D eigenvalue weighted by Gasteiger charge is -2.21. The minimum Gasteiger partial charge on any atom is -0.462 e. The van der Waals surface area contributed by atoms with Crippen molar-refractivity contribution in [3.8, 4) is 0 Å². The molecule has 4 unspecified atom stereocenters. The van der Waals surface area contributed by atoms with E-state index in [1.54, 1.807) is 0 Å². The van der Waals surface area contributed by atoms with Crippen LogP contribution in [-0.4, -0.2) is 96.7 Å². The number of aliphatic hydroxyl groups excluding tert-OH is 1. The molecule has 0 saturated carbocycles. The normalized spacial score (nSPS) is 14.3. The summed E-state index contributed by atoms with van der Waals surface area (Å²) in [7, 11) is -9.94. The van der Waals surface area contributed by atoms with Gasteiger partial charge in [0.25, 0.3) is 0 Å². The van der Waals surface area contributed by atoms with Crippen molar-refractivity contribution in [1.29, 1.82) is 0 Å². The largest absolute Gasteiger partial charge is 0.472 e. The van der Waals surface area contributed by atoms with Crippen LogP contribution >= 0.6 is 15.6 Å². The Morgan fingerprint density at radius 3 is 0.856 bits per heavy atom. The second-order valence-electron chi connectivity index (χ2n) is 31.1. The lowest BCUT2D eigenvalue weighted by atomic mass is 9.99. The Hall–Kier alpha value is -2.46. The fraction of sp³-hybridized carbons (Fsp3) is 0.906. The Labute approximate surface area is 637 Å². The highest BCUT2D eigenvalue weighted by Gasteiger charge is 2.30. The van der Waals surface area contributed by atoms with E-state index in [4.69, 9.17) is 37.0 Å². The molecule has 104 heavy (non-hydrogen) atoms. The van der Waals surface area contributed by atoms with Crippen molar-refractivity contribution < 1.29 is 80.2 Å². The van der Waals surface area contributed by atoms with E-state index in [9.17, 15) is 43.2 Å². The zero-order chi connectivity index (χ0) is 76.5. The molecule has 0 bridgehead atoms. The van der Waals surface area contributed by atoms with Crippen LogP contribution in [0.25, 0.3) is 0 Å². The standard InChI is InChI=1S/C85H162O17P2/c1-8-10-11-12-13-14-15-16-21-29-34-39-46-54-61-68-85(90)102-81(73-96-83(88)67-60-53-48-41-43-50-57-64-77(5)6)75-100-104(93,94)98-71-79(86)70-97-103(91,92)99-74-80(101-84(89)69-62-55-47-40-35-30-25-24-26-31-36-42-49-56-63-76(3)4)72-95-82(87)66-59-52-45-38-33-28-23-20-18-17-19-22-27-32-37-44-51-58-65-78(7)9-2/h14-16,21,76-81,86H,8-13,17-20,22-75H2,1-7H3,(H,91,92)(H,93,94)/b15-14-,21-16-/t78?,79?,80-,81-/m1/s1. The van der Waals surface area contributed by atoms with Crippen molar-refractivity contribution in [3.05, 3.63) is 24.3 Å². The van der Waals surface area contributed by atoms with Crippen LogP contribution in [0.5, 0.6) is 0 Å². The van der Waals surface area contributed by atoms with Crippen LogP contribution in [0.4, 0.5) is 0 Å². The summed E-state index contributed by atoms with van der Waals surface area (Å²) < 4.78 is 68.8. The average molecular weight is 1520 g/mol. The minimum atomic E-state index is -4.97. The number of allylic oxidation sites excluding steroid dienone is 4. The molecule has 6 atom stereocenters. The SMILES string of the molecule is CCCCCC/C=C\C=C/CCCCCCCC(=O)O[C@H](COC(=O)CCCCCCCCCC(C)C)COP(=O)(O)OCC(O)COP(=O)(O)OC[C@@H](COC(=O)CCCCCCCCCCCCCCCCCCCCC(C)CC)OC(=O)CCCCCCCCCCCCCCCCC(C)C. The van der Waals surface area contributed by atoms with Crippen LogP contribution in [-0.2, 0) is 65.4 Å². The maximum Gasteiger partial charge on any atom is 0.472 e. The Morgan fingerprint density at radius 1 is 0.317 bits per heavy atom. The van der Waals surface area contributed by atoms with Crippen LogP contribution in [0.15, 0.2) is 24.3 Å². The molecule has 0 amide bonds. The van der Waals surface area contributed by atoms with Gasteiger partial charge in [0.2, 0.25) is 0 Å². The number of unbranched alkanes of at least 4 members (excludes halogenated alkanes) is 45. The van der Waals surface area contributed by atoms with Crippen molar-refractivity contribution >= 4 is 39.5 Å². The van der Waals surface area contributed by atoms with E-state index in [-0.39, 0.29) is 25.7 Å². The number of carbonyl (C=O) groups excluding carboxylic acids is 4. The van der Waals surface area contributed by atoms with Gasteiger partial charge in [-0.2, -0.15) is 0 Å². The molecule has 614 valence electrons. The van der Waals surface area contributed by atoms with Crippen molar-refractivity contribution in [3.63, 3.8) is 0 Å². The summed E-state index contributed by atoms with van der Waals surface area (Å²) >= 11 is 0. The molecule has 0 aromatic rings. The summed E-state index contributed by atoms with van der Waals surface area (Å²) in [6, 6.07) is 0. The predicted octanol–water partition coefficient (Wildman–Crippen LogP) is 25.3. The van der Waals surface area contributed by atoms with Crippen LogP contribution in [0.1, 0.15) is 421 Å². The summed E-state index contributed by atoms with van der Waals surface area (Å²) in [5.41, 5.74) is 0. The lowest BCUT2D eigenvalue weighted by molar-refractivity contribution is -0.161. The van der Waals surface area contributed by atoms with Crippen molar-refractivity contribution in [2.75, 3.05) is 39.6 Å². The minimum absolute atomic E-state index is 0.0842. The van der Waals surface area contributed by atoms with Gasteiger partial charge in [0.05, 0.1) is 26.4 Å². The van der Waals surface area contributed by atoms with E-state index in [1.165, 1.54) is 212 Å². The van der Waals surface area contributed by atoms with Gasteiger partial charge in [0.1, 0.15) is 19.3 Å². The van der Waals surface area contributed by atoms with E-state index in [0.717, 1.165) is 121 Å². The maximum absolute atomic E-state index is 13.1. The van der Waals surface area contributed by atoms with Crippen LogP contribution in [0.2, 0.25) is 0 Å². The zero-order valence-electron chi connectivity index (χ0n) is 68.0. The lowest BCUT2D eigenvalue weighted by Crippen LogP contribution is -2.30. The first-order valence-corrected chi connectivity index (χ1v) is 46.2. The van der Waals surface area contributed by atoms with Gasteiger partial charge in [-0.15, -0.1) is 0 Å². The van der Waals surface area contributed by atoms with E-state index < -0.39 is 97.5 Å². The molecule has 0 aliphatic carbocycles. The third kappa shape index (κ3) is 76.3. The molecule has 3 N–H and O–H groups in total. The number of phosphoric acid groups is 2. The van der Waals surface area contributed by atoms with Gasteiger partial charge in [-0.1, -0.05) is 368 Å². The molecule has 0 aliphatic rings. The third-order valence-electron chi connectivity index (χ3n) is 19.6. The molecule has 0 aromatic carbocycles. The van der Waals surface area contributed by atoms with Gasteiger partial charge < -0.3 is 33.8 Å². The number of aliphatic hydroxyl groups is 1. The summed E-state index contributed by atoms with van der Waals surface area (Å²) in [4.78, 5) is 73.1. The van der Waals surface area contributed by atoms with Gasteiger partial charge in [0.15, 0.2) is 12.2 Å². The van der Waals surface area contributed by atoms with Gasteiger partial charge in [-0.25, -0.2) is 9.13 Å². The number of phosphoric ester groups is 2. The molecule has 0 radical (unpaired) electrons. The number of rotatable bonds is 81. The van der Waals surface area contributed by atoms with Gasteiger partial charge in [0, 0.05) is 25.7 Å². The molecule has 0 saturated heterocycles. The molecule has 0 fully saturated rings. The smallest absolute Gasteiger partial charge is 0.462 e. The fourth-order valence-electron chi connectivity index (χ4n) is 12.6. The van der Waals surface area contributed by atoms with Crippen LogP contribution in [0.3, 0.4) is 0 Å². The maximum atomic E-state index is 13.1. The highest BCUT2D eigenvalue weighted by Crippen LogP contribution is 2.45. The molecular formula is C85H162O17P2. The highest BCUT2D eigenvalue weighted by atomic mass is 31.2. The van der Waals surface area contributed by atoms with Gasteiger partial charge in [-0.05, 0) is 69.1 Å². The Kier molecular flexibility index (Phi) is 72.9. The van der Waals surface area contributed by atoms with Crippen molar-refractivity contribution in [2.45, 2.75) is 439 Å². The molecule has 19 heteroatoms. The third-order valence-corrected chi connectivity index (χ3v) is 21.5. The number of hydrogen-bond acceptors (Lipinski definition) is 15. The van der Waals surface area contributed by atoms with Crippen molar-refractivity contribution in [1.82, 2.24) is 0 Å². The second kappa shape index (κ2) is 74.6. The number of ether oxygens (including phenoxy) is 4. The predicted molar refractivity (Wildman–Crippen MR) is 427 cm³/mol. The van der Waals surface area contributed by atoms with Gasteiger partial charge >= 0.3 is 39.5 Å². The first-order chi connectivity index (χ1) is 50.3. The molecule has 17 nitrogen and oxygen atoms in total. The Morgan fingerprint density at radius 2 is 0.567 bits per heavy atom. The second-order valence-corrected chi connectivity index (χ2v) is 34.0. The molecule has 0 aromatic heterocycles. The van der Waals surface area contributed by atoms with E-state index >= 15 is 0 Å². The van der Waals surface area contributed by atoms with E-state index in [1.807, 2.05) is 0 Å². The summed E-state index contributed by atoms with van der Waals surface area (Å²) in [5, 5.41) is 10.7. The fourth-order valence-corrected chi connectivity index (χ4v) is 14.2. The average Bonchev–Trinajstić information content (AvgIpc) is 0.907. The topological polar surface area (TPSA) is 237 Å². The quantitative estimate of drug-likeness (QED) is 0.0169. The number of carbonyl (C=O) groups is 4. The molecular weight excluding hydrogens is 1350 g/mol. The van der Waals surface area contributed by atoms with Crippen molar-refractivity contribution in [2.24, 2.45) is 17.8 Å². The summed E-state index contributed by atoms with van der Waals surface area (Å²) in [6.07, 6.45) is 67.5. The summed E-state index contributed by atoms with van der Waals surface area (Å²) in [5.74, 6) is 0.230. The zero-order valence-corrected chi connectivity index (χ0v) is 69.8. The number of esters is 4. The molecule has 0 rings (SSSR count). The van der Waals surface area contributed by atoms with E-state index in [0.29, 0.717) is 31.6 Å². The Balaban J connectivity index is 5.24. The monoisotopic (exact) mass is 1520 g/mol. The molecule has 0 spiro atoms. The first-order valence-electron chi connectivity index (χ1n) is 43.2. The highest BCUT2D eigenvalue weighted by molar-refractivity contribution is 7.47. The van der Waals surface area contributed by atoms with Crippen LogP contribution in [0, 0.1) is 17.8 Å².